The van der Waals surface area contributed by atoms with Crippen molar-refractivity contribution in [1.82, 2.24) is 5.32 Å². The molecule has 1 N–H and O–H groups in total. The first-order chi connectivity index (χ1) is 12.3. The van der Waals surface area contributed by atoms with Crippen LogP contribution >= 0.6 is 0 Å². The second-order valence-corrected chi connectivity index (χ2v) is 7.04. The first kappa shape index (κ1) is 19.4. The van der Waals surface area contributed by atoms with E-state index in [1.165, 1.54) is 11.6 Å². The van der Waals surface area contributed by atoms with Gasteiger partial charge in [0.05, 0.1) is 17.9 Å². The van der Waals surface area contributed by atoms with Crippen LogP contribution in [0, 0.1) is 10.1 Å². The molecule has 0 unspecified atom stereocenters. The van der Waals surface area contributed by atoms with Crippen molar-refractivity contribution in [2.24, 2.45) is 0 Å². The molecule has 0 aliphatic rings. The lowest BCUT2D eigenvalue weighted by Gasteiger charge is -2.19. The van der Waals surface area contributed by atoms with E-state index in [2.05, 4.69) is 26.1 Å². The smallest absolute Gasteiger partial charge is 0.273 e. The zero-order chi connectivity index (χ0) is 19.2. The number of ether oxygens (including phenoxy) is 1. The van der Waals surface area contributed by atoms with Gasteiger partial charge in [-0.25, -0.2) is 0 Å². The molecule has 26 heavy (non-hydrogen) atoms. The minimum atomic E-state index is -0.479. The van der Waals surface area contributed by atoms with E-state index in [-0.39, 0.29) is 23.4 Å². The van der Waals surface area contributed by atoms with Crippen LogP contribution < -0.4 is 10.1 Å². The van der Waals surface area contributed by atoms with Crippen LogP contribution in [0.3, 0.4) is 0 Å². The maximum absolute atomic E-state index is 12.0. The number of para-hydroxylation sites is 1. The van der Waals surface area contributed by atoms with E-state index in [1.54, 1.807) is 18.2 Å². The molecule has 0 saturated carbocycles. The first-order valence-corrected chi connectivity index (χ1v) is 8.50. The molecule has 0 fully saturated rings. The summed E-state index contributed by atoms with van der Waals surface area (Å²) in [5.74, 6) is 0.469. The van der Waals surface area contributed by atoms with E-state index in [0.29, 0.717) is 18.7 Å². The summed E-state index contributed by atoms with van der Waals surface area (Å²) >= 11 is 0. The highest BCUT2D eigenvalue weighted by molar-refractivity contribution is 5.79. The van der Waals surface area contributed by atoms with Crippen molar-refractivity contribution in [3.05, 3.63) is 69.8 Å². The minimum Gasteiger partial charge on any atom is -0.492 e. The first-order valence-electron chi connectivity index (χ1n) is 8.50. The number of rotatable bonds is 7. The highest BCUT2D eigenvalue weighted by Crippen LogP contribution is 2.24. The van der Waals surface area contributed by atoms with Crippen LogP contribution in [-0.2, 0) is 16.6 Å². The summed E-state index contributed by atoms with van der Waals surface area (Å²) in [4.78, 5) is 22.4. The lowest BCUT2D eigenvalue weighted by atomic mass is 9.87. The quantitative estimate of drug-likeness (QED) is 0.467. The van der Waals surface area contributed by atoms with Crippen LogP contribution in [0.2, 0.25) is 0 Å². The van der Waals surface area contributed by atoms with Crippen LogP contribution in [0.25, 0.3) is 0 Å². The Balaban J connectivity index is 1.78. The molecule has 0 aliphatic carbocycles. The second kappa shape index (κ2) is 8.47. The van der Waals surface area contributed by atoms with Gasteiger partial charge in [0.15, 0.2) is 0 Å². The van der Waals surface area contributed by atoms with Crippen LogP contribution in [0.1, 0.15) is 31.9 Å². The number of nitrogens with one attached hydrogen (secondary N) is 1. The third-order valence-corrected chi connectivity index (χ3v) is 3.95. The zero-order valence-corrected chi connectivity index (χ0v) is 15.3. The van der Waals surface area contributed by atoms with E-state index in [9.17, 15) is 14.9 Å². The topological polar surface area (TPSA) is 81.5 Å². The summed E-state index contributed by atoms with van der Waals surface area (Å²) < 4.78 is 5.61. The van der Waals surface area contributed by atoms with Crippen LogP contribution in [0.4, 0.5) is 5.69 Å². The van der Waals surface area contributed by atoms with Gasteiger partial charge in [-0.2, -0.15) is 0 Å². The lowest BCUT2D eigenvalue weighted by Crippen LogP contribution is -2.29. The number of carbonyl (C=O) groups excluding carboxylic acids is 1. The third kappa shape index (κ3) is 5.58. The largest absolute Gasteiger partial charge is 0.492 e. The minimum absolute atomic E-state index is 0.0303. The van der Waals surface area contributed by atoms with Gasteiger partial charge in [0.1, 0.15) is 12.4 Å². The fourth-order valence-electron chi connectivity index (χ4n) is 2.48. The Morgan fingerprint density at radius 1 is 1.12 bits per heavy atom. The Bertz CT molecular complexity index is 764. The van der Waals surface area contributed by atoms with Crippen LogP contribution in [0.15, 0.2) is 48.5 Å². The zero-order valence-electron chi connectivity index (χ0n) is 15.3. The second-order valence-electron chi connectivity index (χ2n) is 7.04. The van der Waals surface area contributed by atoms with Crippen molar-refractivity contribution < 1.29 is 14.5 Å². The number of nitrogens with zero attached hydrogens (tertiary/aromatic N) is 1. The third-order valence-electron chi connectivity index (χ3n) is 3.95. The van der Waals surface area contributed by atoms with Gasteiger partial charge in [-0.3, -0.25) is 14.9 Å². The van der Waals surface area contributed by atoms with Crippen molar-refractivity contribution in [3.8, 4) is 5.75 Å². The molecule has 0 atom stereocenters. The van der Waals surface area contributed by atoms with Gasteiger partial charge in [0.2, 0.25) is 5.91 Å². The predicted octanol–water partition coefficient (Wildman–Crippen LogP) is 3.63. The van der Waals surface area contributed by atoms with E-state index >= 15 is 0 Å². The number of hydrogen-bond acceptors (Lipinski definition) is 4. The molecule has 0 aromatic heterocycles. The van der Waals surface area contributed by atoms with Gasteiger partial charge in [0, 0.05) is 11.6 Å². The number of nitro benzene ring substituents is 1. The Morgan fingerprint density at radius 2 is 1.77 bits per heavy atom. The average molecular weight is 356 g/mol. The normalized spacial score (nSPS) is 11.0. The van der Waals surface area contributed by atoms with Crippen LogP contribution in [0.5, 0.6) is 5.75 Å². The summed E-state index contributed by atoms with van der Waals surface area (Å²) in [6.07, 6.45) is -0.0303. The standard InChI is InChI=1S/C20H24N2O4/c1-20(2,3)16-8-10-17(11-9-16)26-13-12-21-19(23)14-15-6-4-5-7-18(15)22(24)25/h4-11H,12-14H2,1-3H3,(H,21,23). The van der Waals surface area contributed by atoms with Crippen molar-refractivity contribution in [2.75, 3.05) is 13.2 Å². The number of benzene rings is 2. The molecule has 2 aromatic rings. The molecule has 0 heterocycles. The molecule has 2 aromatic carbocycles. The van der Waals surface area contributed by atoms with Crippen molar-refractivity contribution in [3.63, 3.8) is 0 Å². The van der Waals surface area contributed by atoms with Gasteiger partial charge >= 0.3 is 0 Å². The molecule has 2 rings (SSSR count). The van der Waals surface area contributed by atoms with E-state index < -0.39 is 4.92 Å². The highest BCUT2D eigenvalue weighted by Gasteiger charge is 2.15. The molecule has 138 valence electrons. The molecular weight excluding hydrogens is 332 g/mol. The van der Waals surface area contributed by atoms with Gasteiger partial charge in [0.25, 0.3) is 5.69 Å². The molecule has 6 heteroatoms. The average Bonchev–Trinajstić information content (AvgIpc) is 2.58. The molecule has 0 saturated heterocycles. The number of nitro groups is 1. The van der Waals surface area contributed by atoms with Gasteiger partial charge in [-0.15, -0.1) is 0 Å². The number of carbonyl (C=O) groups is 1. The van der Waals surface area contributed by atoms with E-state index in [4.69, 9.17) is 4.74 Å². The SMILES string of the molecule is CC(C)(C)c1ccc(OCCNC(=O)Cc2ccccc2[N+](=O)[O-])cc1. The van der Waals surface area contributed by atoms with Crippen LogP contribution in [-0.4, -0.2) is 24.0 Å². The van der Waals surface area contributed by atoms with Crippen molar-refractivity contribution >= 4 is 11.6 Å². The maximum atomic E-state index is 12.0. The molecule has 1 amide bonds. The van der Waals surface area contributed by atoms with E-state index in [1.807, 2.05) is 24.3 Å². The van der Waals surface area contributed by atoms with Crippen molar-refractivity contribution in [2.45, 2.75) is 32.6 Å². The number of amides is 1. The summed E-state index contributed by atoms with van der Waals surface area (Å²) in [6.45, 7) is 7.11. The van der Waals surface area contributed by atoms with Gasteiger partial charge in [-0.1, -0.05) is 51.1 Å². The summed E-state index contributed by atoms with van der Waals surface area (Å²) in [5.41, 5.74) is 1.67. The number of hydrogen-bond donors (Lipinski definition) is 1. The summed E-state index contributed by atoms with van der Waals surface area (Å²) in [6, 6.07) is 14.1. The molecule has 0 spiro atoms. The van der Waals surface area contributed by atoms with Gasteiger partial charge < -0.3 is 10.1 Å². The lowest BCUT2D eigenvalue weighted by molar-refractivity contribution is -0.385. The monoisotopic (exact) mass is 356 g/mol. The molecular formula is C20H24N2O4. The predicted molar refractivity (Wildman–Crippen MR) is 100 cm³/mol. The Labute approximate surface area is 153 Å². The molecule has 0 bridgehead atoms. The maximum Gasteiger partial charge on any atom is 0.273 e. The fourth-order valence-corrected chi connectivity index (χ4v) is 2.48. The molecule has 6 nitrogen and oxygen atoms in total. The summed E-state index contributed by atoms with van der Waals surface area (Å²) in [5, 5.41) is 13.7. The molecule has 0 radical (unpaired) electrons. The summed E-state index contributed by atoms with van der Waals surface area (Å²) in [7, 11) is 0. The fraction of sp³-hybridized carbons (Fsp3) is 0.350. The Morgan fingerprint density at radius 3 is 2.38 bits per heavy atom. The van der Waals surface area contributed by atoms with Crippen molar-refractivity contribution in [1.29, 1.82) is 0 Å². The highest BCUT2D eigenvalue weighted by atomic mass is 16.6. The van der Waals surface area contributed by atoms with Gasteiger partial charge in [-0.05, 0) is 23.1 Å². The van der Waals surface area contributed by atoms with E-state index in [0.717, 1.165) is 5.75 Å². The Hall–Kier alpha value is -2.89. The Kier molecular flexibility index (Phi) is 6.33. The molecule has 0 aliphatic heterocycles.